The molecule has 0 heterocycles. The van der Waals surface area contributed by atoms with E-state index in [0.717, 1.165) is 16.6 Å². The molecule has 0 saturated heterocycles. The van der Waals surface area contributed by atoms with Crippen molar-refractivity contribution >= 4 is 11.8 Å². The van der Waals surface area contributed by atoms with Crippen molar-refractivity contribution in [3.63, 3.8) is 0 Å². The summed E-state index contributed by atoms with van der Waals surface area (Å²) in [5.74, 6) is 0.858. The number of thioether (sulfide) groups is 1. The van der Waals surface area contributed by atoms with Gasteiger partial charge in [-0.3, -0.25) is 0 Å². The van der Waals surface area contributed by atoms with Crippen molar-refractivity contribution < 1.29 is 9.84 Å². The number of ether oxygens (including phenoxy) is 1. The molecule has 118 valence electrons. The summed E-state index contributed by atoms with van der Waals surface area (Å²) in [5.41, 5.74) is 1.10. The highest BCUT2D eigenvalue weighted by Crippen LogP contribution is 2.26. The molecule has 1 aromatic rings. The lowest BCUT2D eigenvalue weighted by Gasteiger charge is -2.29. The topological polar surface area (TPSA) is 41.5 Å². The molecule has 1 saturated carbocycles. The molecule has 0 amide bonds. The van der Waals surface area contributed by atoms with Crippen LogP contribution >= 0.6 is 11.8 Å². The van der Waals surface area contributed by atoms with Crippen LogP contribution in [-0.4, -0.2) is 41.9 Å². The molecular formula is C17H27NO2S. The van der Waals surface area contributed by atoms with E-state index in [-0.39, 0.29) is 0 Å². The van der Waals surface area contributed by atoms with E-state index < -0.39 is 6.10 Å². The van der Waals surface area contributed by atoms with Crippen molar-refractivity contribution in [1.29, 1.82) is 0 Å². The number of hydrogen-bond donors (Lipinski definition) is 2. The third-order valence-electron chi connectivity index (χ3n) is 4.13. The Morgan fingerprint density at radius 1 is 1.38 bits per heavy atom. The number of benzene rings is 1. The van der Waals surface area contributed by atoms with Gasteiger partial charge in [0.05, 0.1) is 0 Å². The van der Waals surface area contributed by atoms with E-state index in [1.54, 1.807) is 0 Å². The standard InChI is InChI=1S/C17H27NO2S/c1-13-6-3-4-9-17(13)20-12-15(19)11-18-14-7-5-8-16(10-14)21-2/h3-4,6,9,14-16,18-19H,5,7-8,10-12H2,1-2H3. The second-order valence-electron chi connectivity index (χ2n) is 5.86. The predicted octanol–water partition coefficient (Wildman–Crippen LogP) is 3.00. The minimum Gasteiger partial charge on any atom is -0.491 e. The number of aliphatic hydroxyl groups is 1. The van der Waals surface area contributed by atoms with Gasteiger partial charge in [-0.15, -0.1) is 0 Å². The number of aliphatic hydroxyl groups excluding tert-OH is 1. The van der Waals surface area contributed by atoms with Crippen molar-refractivity contribution in [1.82, 2.24) is 5.32 Å². The Hall–Kier alpha value is -0.710. The first-order valence-electron chi connectivity index (χ1n) is 7.81. The third-order valence-corrected chi connectivity index (χ3v) is 5.22. The highest BCUT2D eigenvalue weighted by Gasteiger charge is 2.21. The number of rotatable bonds is 7. The van der Waals surface area contributed by atoms with Gasteiger partial charge in [0.15, 0.2) is 0 Å². The van der Waals surface area contributed by atoms with Gasteiger partial charge in [-0.2, -0.15) is 11.8 Å². The average molecular weight is 309 g/mol. The van der Waals surface area contributed by atoms with Crippen LogP contribution in [-0.2, 0) is 0 Å². The zero-order valence-electron chi connectivity index (χ0n) is 13.0. The largest absolute Gasteiger partial charge is 0.491 e. The lowest BCUT2D eigenvalue weighted by atomic mass is 9.95. The first-order valence-corrected chi connectivity index (χ1v) is 9.10. The predicted molar refractivity (Wildman–Crippen MR) is 90.2 cm³/mol. The van der Waals surface area contributed by atoms with E-state index in [4.69, 9.17) is 4.74 Å². The second-order valence-corrected chi connectivity index (χ2v) is 7.00. The monoisotopic (exact) mass is 309 g/mol. The lowest BCUT2D eigenvalue weighted by molar-refractivity contribution is 0.101. The Kier molecular flexibility index (Phi) is 6.87. The van der Waals surface area contributed by atoms with Gasteiger partial charge in [0.25, 0.3) is 0 Å². The molecule has 3 unspecified atom stereocenters. The molecule has 0 aromatic heterocycles. The molecule has 2 rings (SSSR count). The molecule has 1 fully saturated rings. The Bertz CT molecular complexity index is 427. The third kappa shape index (κ3) is 5.53. The summed E-state index contributed by atoms with van der Waals surface area (Å²) in [6.07, 6.45) is 6.80. The summed E-state index contributed by atoms with van der Waals surface area (Å²) in [4.78, 5) is 0. The van der Waals surface area contributed by atoms with Crippen molar-refractivity contribution in [2.24, 2.45) is 0 Å². The van der Waals surface area contributed by atoms with E-state index >= 15 is 0 Å². The molecule has 1 aromatic carbocycles. The van der Waals surface area contributed by atoms with Gasteiger partial charge in [0.1, 0.15) is 18.5 Å². The van der Waals surface area contributed by atoms with E-state index in [0.29, 0.717) is 19.2 Å². The normalized spacial score (nSPS) is 23.8. The van der Waals surface area contributed by atoms with Crippen LogP contribution in [0.15, 0.2) is 24.3 Å². The van der Waals surface area contributed by atoms with Gasteiger partial charge in [-0.05, 0) is 44.1 Å². The number of aryl methyl sites for hydroxylation is 1. The maximum absolute atomic E-state index is 10.1. The fraction of sp³-hybridized carbons (Fsp3) is 0.647. The number of para-hydroxylation sites is 1. The molecule has 0 aliphatic heterocycles. The maximum Gasteiger partial charge on any atom is 0.122 e. The summed E-state index contributed by atoms with van der Waals surface area (Å²) in [6.45, 7) is 2.97. The lowest BCUT2D eigenvalue weighted by Crippen LogP contribution is -2.41. The summed E-state index contributed by atoms with van der Waals surface area (Å²) in [5, 5.41) is 14.3. The highest BCUT2D eigenvalue weighted by molar-refractivity contribution is 7.99. The molecule has 0 radical (unpaired) electrons. The quantitative estimate of drug-likeness (QED) is 0.812. The molecule has 3 nitrogen and oxygen atoms in total. The van der Waals surface area contributed by atoms with Gasteiger partial charge in [-0.1, -0.05) is 24.6 Å². The summed E-state index contributed by atoms with van der Waals surface area (Å²) < 4.78 is 5.69. The Balaban J connectivity index is 1.68. The molecule has 1 aliphatic carbocycles. The fourth-order valence-corrected chi connectivity index (χ4v) is 3.64. The average Bonchev–Trinajstić information content (AvgIpc) is 2.52. The molecule has 4 heteroatoms. The molecule has 3 atom stereocenters. The van der Waals surface area contributed by atoms with Crippen LogP contribution in [0.2, 0.25) is 0 Å². The smallest absolute Gasteiger partial charge is 0.122 e. The van der Waals surface area contributed by atoms with Crippen LogP contribution in [0.25, 0.3) is 0 Å². The molecule has 0 spiro atoms. The minimum atomic E-state index is -0.459. The summed E-state index contributed by atoms with van der Waals surface area (Å²) in [7, 11) is 0. The Morgan fingerprint density at radius 3 is 2.95 bits per heavy atom. The van der Waals surface area contributed by atoms with Crippen LogP contribution in [0.3, 0.4) is 0 Å². The summed E-state index contributed by atoms with van der Waals surface area (Å²) >= 11 is 1.97. The fourth-order valence-electron chi connectivity index (χ4n) is 2.81. The first-order chi connectivity index (χ1) is 10.2. The van der Waals surface area contributed by atoms with Gasteiger partial charge >= 0.3 is 0 Å². The van der Waals surface area contributed by atoms with Crippen molar-refractivity contribution in [2.75, 3.05) is 19.4 Å². The molecule has 1 aliphatic rings. The molecule has 21 heavy (non-hydrogen) atoms. The van der Waals surface area contributed by atoms with E-state index in [1.165, 1.54) is 25.7 Å². The van der Waals surface area contributed by atoms with Crippen LogP contribution in [0.5, 0.6) is 5.75 Å². The molecule has 2 N–H and O–H groups in total. The Labute approximate surface area is 132 Å². The molecular weight excluding hydrogens is 282 g/mol. The summed E-state index contributed by atoms with van der Waals surface area (Å²) in [6, 6.07) is 8.46. The first kappa shape index (κ1) is 16.7. The van der Waals surface area contributed by atoms with E-state index in [1.807, 2.05) is 43.0 Å². The van der Waals surface area contributed by atoms with Gasteiger partial charge in [0, 0.05) is 17.8 Å². The SMILES string of the molecule is CSC1CCCC(NCC(O)COc2ccccc2C)C1. The van der Waals surface area contributed by atoms with E-state index in [9.17, 15) is 5.11 Å². The van der Waals surface area contributed by atoms with Crippen molar-refractivity contribution in [2.45, 2.75) is 50.0 Å². The maximum atomic E-state index is 10.1. The van der Waals surface area contributed by atoms with Gasteiger partial charge < -0.3 is 15.2 Å². The zero-order valence-corrected chi connectivity index (χ0v) is 13.9. The number of nitrogens with one attached hydrogen (secondary N) is 1. The van der Waals surface area contributed by atoms with Crippen molar-refractivity contribution in [3.05, 3.63) is 29.8 Å². The second kappa shape index (κ2) is 8.66. The van der Waals surface area contributed by atoms with Gasteiger partial charge in [-0.25, -0.2) is 0 Å². The van der Waals surface area contributed by atoms with Crippen LogP contribution in [0, 0.1) is 6.92 Å². The van der Waals surface area contributed by atoms with Crippen LogP contribution in [0.4, 0.5) is 0 Å². The van der Waals surface area contributed by atoms with E-state index in [2.05, 4.69) is 11.6 Å². The van der Waals surface area contributed by atoms with Crippen LogP contribution < -0.4 is 10.1 Å². The Morgan fingerprint density at radius 2 is 2.19 bits per heavy atom. The minimum absolute atomic E-state index is 0.344. The van der Waals surface area contributed by atoms with Crippen molar-refractivity contribution in [3.8, 4) is 5.75 Å². The van der Waals surface area contributed by atoms with Gasteiger partial charge in [0.2, 0.25) is 0 Å². The van der Waals surface area contributed by atoms with Crippen LogP contribution in [0.1, 0.15) is 31.2 Å². The highest BCUT2D eigenvalue weighted by atomic mass is 32.2. The zero-order chi connectivity index (χ0) is 15.1. The number of hydrogen-bond acceptors (Lipinski definition) is 4. The molecule has 0 bridgehead atoms.